The molecule has 2 atom stereocenters. The van der Waals surface area contributed by atoms with Crippen LogP contribution in [0, 0.1) is 5.82 Å². The van der Waals surface area contributed by atoms with Crippen LogP contribution >= 0.6 is 15.9 Å². The fourth-order valence-corrected chi connectivity index (χ4v) is 4.71. The van der Waals surface area contributed by atoms with E-state index in [1.165, 1.54) is 10.4 Å². The van der Waals surface area contributed by atoms with E-state index in [0.29, 0.717) is 0 Å². The van der Waals surface area contributed by atoms with Gasteiger partial charge in [-0.25, -0.2) is 12.8 Å². The summed E-state index contributed by atoms with van der Waals surface area (Å²) in [5.41, 5.74) is 0. The van der Waals surface area contributed by atoms with E-state index < -0.39 is 21.9 Å². The zero-order chi connectivity index (χ0) is 14.9. The van der Waals surface area contributed by atoms with Gasteiger partial charge in [0.15, 0.2) is 0 Å². The van der Waals surface area contributed by atoms with Crippen molar-refractivity contribution in [3.8, 4) is 0 Å². The zero-order valence-electron chi connectivity index (χ0n) is 10.8. The first-order valence-electron chi connectivity index (χ1n) is 6.05. The van der Waals surface area contributed by atoms with Crippen LogP contribution < -0.4 is 0 Å². The Balaban J connectivity index is 2.38. The predicted molar refractivity (Wildman–Crippen MR) is 74.3 cm³/mol. The summed E-state index contributed by atoms with van der Waals surface area (Å²) in [6.45, 7) is 1.76. The number of benzene rings is 1. The molecule has 1 fully saturated rings. The summed E-state index contributed by atoms with van der Waals surface area (Å²) in [6, 6.07) is 3.10. The SMILES string of the molecule is CC1COC(CO)CN1S(=O)(=O)c1ccc(F)cc1Br. The van der Waals surface area contributed by atoms with Crippen LogP contribution in [0.3, 0.4) is 0 Å². The number of rotatable bonds is 3. The van der Waals surface area contributed by atoms with Crippen LogP contribution in [0.25, 0.3) is 0 Å². The average molecular weight is 368 g/mol. The normalized spacial score (nSPS) is 24.8. The van der Waals surface area contributed by atoms with Crippen molar-refractivity contribution in [2.45, 2.75) is 24.0 Å². The van der Waals surface area contributed by atoms with E-state index in [1.807, 2.05) is 0 Å². The van der Waals surface area contributed by atoms with Crippen molar-refractivity contribution in [2.75, 3.05) is 19.8 Å². The molecule has 20 heavy (non-hydrogen) atoms. The fourth-order valence-electron chi connectivity index (χ4n) is 2.05. The molecule has 1 heterocycles. The third kappa shape index (κ3) is 3.04. The van der Waals surface area contributed by atoms with Gasteiger partial charge in [0.25, 0.3) is 0 Å². The Morgan fingerprint density at radius 2 is 2.25 bits per heavy atom. The highest BCUT2D eigenvalue weighted by atomic mass is 79.9. The lowest BCUT2D eigenvalue weighted by atomic mass is 10.2. The quantitative estimate of drug-likeness (QED) is 0.875. The topological polar surface area (TPSA) is 66.8 Å². The molecule has 1 aliphatic rings. The highest BCUT2D eigenvalue weighted by Gasteiger charge is 2.36. The monoisotopic (exact) mass is 367 g/mol. The summed E-state index contributed by atoms with van der Waals surface area (Å²) in [5.74, 6) is -0.515. The Hall–Kier alpha value is -0.540. The largest absolute Gasteiger partial charge is 0.394 e. The van der Waals surface area contributed by atoms with Crippen LogP contribution in [0.15, 0.2) is 27.6 Å². The third-order valence-corrected chi connectivity index (χ3v) is 6.09. The predicted octanol–water partition coefficient (Wildman–Crippen LogP) is 1.36. The van der Waals surface area contributed by atoms with E-state index in [0.717, 1.165) is 12.1 Å². The highest BCUT2D eigenvalue weighted by molar-refractivity contribution is 9.10. The maximum atomic E-state index is 13.1. The van der Waals surface area contributed by atoms with Crippen LogP contribution in [-0.2, 0) is 14.8 Å². The molecule has 0 amide bonds. The van der Waals surface area contributed by atoms with Crippen LogP contribution in [-0.4, -0.2) is 49.7 Å². The van der Waals surface area contributed by atoms with Gasteiger partial charge in [-0.1, -0.05) is 0 Å². The van der Waals surface area contributed by atoms with Crippen molar-refractivity contribution < 1.29 is 22.7 Å². The first-order chi connectivity index (χ1) is 9.36. The van der Waals surface area contributed by atoms with E-state index in [2.05, 4.69) is 15.9 Å². The second-order valence-electron chi connectivity index (χ2n) is 4.64. The molecule has 1 aromatic carbocycles. The number of hydrogen-bond donors (Lipinski definition) is 1. The number of aliphatic hydroxyl groups excluding tert-OH is 1. The molecule has 1 aliphatic heterocycles. The number of sulfonamides is 1. The standard InChI is InChI=1S/C12H15BrFNO4S/c1-8-7-19-10(6-16)5-15(8)20(17,18)12-3-2-9(14)4-11(12)13/h2-4,8,10,16H,5-7H2,1H3. The molecule has 0 spiro atoms. The van der Waals surface area contributed by atoms with Crippen LogP contribution in [0.2, 0.25) is 0 Å². The van der Waals surface area contributed by atoms with Crippen LogP contribution in [0.1, 0.15) is 6.92 Å². The number of nitrogens with zero attached hydrogens (tertiary/aromatic N) is 1. The van der Waals surface area contributed by atoms with Gasteiger partial charge in [0, 0.05) is 17.1 Å². The van der Waals surface area contributed by atoms with Gasteiger partial charge in [-0.05, 0) is 41.1 Å². The van der Waals surface area contributed by atoms with Crippen molar-refractivity contribution in [3.63, 3.8) is 0 Å². The maximum Gasteiger partial charge on any atom is 0.244 e. The smallest absolute Gasteiger partial charge is 0.244 e. The molecule has 1 saturated heterocycles. The minimum Gasteiger partial charge on any atom is -0.394 e. The minimum absolute atomic E-state index is 0.00402. The Bertz CT molecular complexity index is 595. The van der Waals surface area contributed by atoms with Crippen molar-refractivity contribution >= 4 is 26.0 Å². The van der Waals surface area contributed by atoms with Crippen molar-refractivity contribution in [1.29, 1.82) is 0 Å². The number of hydrogen-bond acceptors (Lipinski definition) is 4. The Kier molecular flexibility index (Phi) is 4.80. The first-order valence-corrected chi connectivity index (χ1v) is 8.29. The molecule has 0 radical (unpaired) electrons. The Morgan fingerprint density at radius 1 is 1.55 bits per heavy atom. The van der Waals surface area contributed by atoms with Gasteiger partial charge in [0.05, 0.1) is 24.2 Å². The van der Waals surface area contributed by atoms with Crippen LogP contribution in [0.4, 0.5) is 4.39 Å². The molecule has 0 bridgehead atoms. The second kappa shape index (κ2) is 6.07. The lowest BCUT2D eigenvalue weighted by Gasteiger charge is -2.36. The third-order valence-electron chi connectivity index (χ3n) is 3.13. The summed E-state index contributed by atoms with van der Waals surface area (Å²) in [5, 5.41) is 9.12. The van der Waals surface area contributed by atoms with Gasteiger partial charge in [-0.3, -0.25) is 0 Å². The second-order valence-corrected chi connectivity index (χ2v) is 7.35. The summed E-state index contributed by atoms with van der Waals surface area (Å²) in [7, 11) is -3.77. The van der Waals surface area contributed by atoms with Gasteiger partial charge in [0.2, 0.25) is 10.0 Å². The molecule has 1 N–H and O–H groups in total. The first kappa shape index (κ1) is 15.8. The molecular weight excluding hydrogens is 353 g/mol. The molecule has 0 aliphatic carbocycles. The summed E-state index contributed by atoms with van der Waals surface area (Å²) >= 11 is 3.08. The zero-order valence-corrected chi connectivity index (χ0v) is 13.2. The van der Waals surface area contributed by atoms with E-state index in [-0.39, 0.29) is 35.2 Å². The van der Waals surface area contributed by atoms with E-state index >= 15 is 0 Å². The number of halogens is 2. The molecule has 112 valence electrons. The van der Waals surface area contributed by atoms with E-state index in [9.17, 15) is 12.8 Å². The molecule has 2 rings (SSSR count). The summed E-state index contributed by atoms with van der Waals surface area (Å²) < 4.78 is 45.1. The van der Waals surface area contributed by atoms with E-state index in [1.54, 1.807) is 6.92 Å². The average Bonchev–Trinajstić information content (AvgIpc) is 2.38. The minimum atomic E-state index is -3.77. The number of morpholine rings is 1. The number of ether oxygens (including phenoxy) is 1. The lowest BCUT2D eigenvalue weighted by molar-refractivity contribution is -0.0516. The molecule has 0 saturated carbocycles. The van der Waals surface area contributed by atoms with E-state index in [4.69, 9.17) is 9.84 Å². The Labute approximate surface area is 125 Å². The van der Waals surface area contributed by atoms with Gasteiger partial charge in [-0.15, -0.1) is 0 Å². The lowest BCUT2D eigenvalue weighted by Crippen LogP contribution is -2.51. The highest BCUT2D eigenvalue weighted by Crippen LogP contribution is 2.28. The molecule has 8 heteroatoms. The molecule has 5 nitrogen and oxygen atoms in total. The molecule has 1 aromatic rings. The van der Waals surface area contributed by atoms with Crippen molar-refractivity contribution in [3.05, 3.63) is 28.5 Å². The van der Waals surface area contributed by atoms with Gasteiger partial charge >= 0.3 is 0 Å². The number of aliphatic hydroxyl groups is 1. The molecular formula is C12H15BrFNO4S. The van der Waals surface area contributed by atoms with Crippen molar-refractivity contribution in [2.24, 2.45) is 0 Å². The van der Waals surface area contributed by atoms with Crippen LogP contribution in [0.5, 0.6) is 0 Å². The van der Waals surface area contributed by atoms with Gasteiger partial charge in [0.1, 0.15) is 5.82 Å². The maximum absolute atomic E-state index is 13.1. The summed E-state index contributed by atoms with van der Waals surface area (Å²) in [6.07, 6.45) is -0.541. The van der Waals surface area contributed by atoms with Gasteiger partial charge in [-0.2, -0.15) is 4.31 Å². The fraction of sp³-hybridized carbons (Fsp3) is 0.500. The van der Waals surface area contributed by atoms with Crippen molar-refractivity contribution in [1.82, 2.24) is 4.31 Å². The molecule has 2 unspecified atom stereocenters. The van der Waals surface area contributed by atoms with Gasteiger partial charge < -0.3 is 9.84 Å². The Morgan fingerprint density at radius 3 is 2.85 bits per heavy atom. The molecule has 0 aromatic heterocycles. The summed E-state index contributed by atoms with van der Waals surface area (Å²) in [4.78, 5) is 0.00402.